The van der Waals surface area contributed by atoms with Crippen molar-refractivity contribution in [3.8, 4) is 17.5 Å². The number of fused-ring (bicyclic) bond motifs is 2. The Bertz CT molecular complexity index is 1320. The van der Waals surface area contributed by atoms with Crippen molar-refractivity contribution >= 4 is 11.6 Å². The molecule has 41 heavy (non-hydrogen) atoms. The number of alkyl halides is 1. The molecule has 2 spiro atoms. The van der Waals surface area contributed by atoms with Crippen LogP contribution in [0.25, 0.3) is 11.6 Å². The van der Waals surface area contributed by atoms with Crippen molar-refractivity contribution in [3.63, 3.8) is 0 Å². The van der Waals surface area contributed by atoms with Gasteiger partial charge in [-0.3, -0.25) is 14.6 Å². The van der Waals surface area contributed by atoms with Crippen molar-refractivity contribution in [1.29, 1.82) is 0 Å². The van der Waals surface area contributed by atoms with Crippen molar-refractivity contribution in [1.82, 2.24) is 24.9 Å². The maximum absolute atomic E-state index is 14.2. The number of nitrogens with zero attached hydrogens (tertiary/aromatic N) is 6. The summed E-state index contributed by atoms with van der Waals surface area (Å²) in [7, 11) is 4.09. The lowest BCUT2D eigenvalue weighted by Gasteiger charge is -2.54. The van der Waals surface area contributed by atoms with Gasteiger partial charge in [0.25, 0.3) is 0 Å². The van der Waals surface area contributed by atoms with Crippen molar-refractivity contribution < 1.29 is 23.2 Å². The quantitative estimate of drug-likeness (QED) is 0.535. The van der Waals surface area contributed by atoms with E-state index < -0.39 is 11.6 Å². The van der Waals surface area contributed by atoms with Crippen LogP contribution in [0.15, 0.2) is 10.6 Å². The minimum atomic E-state index is -0.852. The molecule has 3 aliphatic heterocycles. The summed E-state index contributed by atoms with van der Waals surface area (Å²) in [4.78, 5) is 29.8. The van der Waals surface area contributed by atoms with Gasteiger partial charge in [-0.15, -0.1) is 0 Å². The van der Waals surface area contributed by atoms with Crippen LogP contribution in [0.1, 0.15) is 63.1 Å². The van der Waals surface area contributed by atoms with Crippen molar-refractivity contribution in [2.45, 2.75) is 87.6 Å². The third-order valence-electron chi connectivity index (χ3n) is 10.4. The average molecular weight is 569 g/mol. The fourth-order valence-electron chi connectivity index (χ4n) is 7.81. The summed E-state index contributed by atoms with van der Waals surface area (Å²) >= 11 is 0. The lowest BCUT2D eigenvalue weighted by molar-refractivity contribution is -0.134. The third-order valence-corrected chi connectivity index (χ3v) is 10.4. The summed E-state index contributed by atoms with van der Waals surface area (Å²) < 4.78 is 32.2. The first-order chi connectivity index (χ1) is 19.8. The molecule has 222 valence electrons. The second-order valence-corrected chi connectivity index (χ2v) is 13.0. The lowest BCUT2D eigenvalue weighted by atomic mass is 9.64. The first-order valence-corrected chi connectivity index (χ1v) is 15.2. The van der Waals surface area contributed by atoms with Crippen LogP contribution >= 0.6 is 0 Å². The number of piperazine rings is 1. The molecule has 0 bridgehead atoms. The van der Waals surface area contributed by atoms with Gasteiger partial charge in [-0.1, -0.05) is 11.6 Å². The van der Waals surface area contributed by atoms with E-state index in [1.165, 1.54) is 0 Å². The third kappa shape index (κ3) is 4.55. The second-order valence-electron chi connectivity index (χ2n) is 13.0. The van der Waals surface area contributed by atoms with Gasteiger partial charge < -0.3 is 18.9 Å². The second kappa shape index (κ2) is 10.3. The summed E-state index contributed by atoms with van der Waals surface area (Å²) in [5, 5.41) is 4.53. The van der Waals surface area contributed by atoms with Crippen LogP contribution < -0.4 is 9.64 Å². The smallest absolute Gasteiger partial charge is 0.219 e. The molecule has 10 nitrogen and oxygen atoms in total. The predicted octanol–water partition coefficient (Wildman–Crippen LogP) is 3.18. The fourth-order valence-corrected chi connectivity index (χ4v) is 7.81. The van der Waals surface area contributed by atoms with E-state index in [9.17, 15) is 9.18 Å². The van der Waals surface area contributed by atoms with E-state index in [0.717, 1.165) is 75.2 Å². The molecule has 3 saturated heterocycles. The number of rotatable bonds is 5. The number of halogens is 1. The molecule has 4 fully saturated rings. The van der Waals surface area contributed by atoms with Crippen LogP contribution in [0, 0.1) is 0 Å². The molecule has 4 atom stereocenters. The highest BCUT2D eigenvalue weighted by atomic mass is 19.1. The molecule has 0 unspecified atom stereocenters. The number of likely N-dealkylation sites (tertiary alicyclic amines) is 1. The molecule has 2 aliphatic carbocycles. The number of ether oxygens (including phenoxy) is 2. The van der Waals surface area contributed by atoms with Crippen LogP contribution in [0.3, 0.4) is 0 Å². The molecular formula is C30H41FN6O4. The van der Waals surface area contributed by atoms with Crippen LogP contribution in [0.5, 0.6) is 5.88 Å². The maximum atomic E-state index is 14.2. The van der Waals surface area contributed by atoms with E-state index >= 15 is 0 Å². The van der Waals surface area contributed by atoms with E-state index in [1.54, 1.807) is 0 Å². The normalized spacial score (nSPS) is 30.9. The van der Waals surface area contributed by atoms with Gasteiger partial charge in [0.05, 0.1) is 24.2 Å². The Morgan fingerprint density at radius 2 is 1.95 bits per heavy atom. The van der Waals surface area contributed by atoms with Gasteiger partial charge in [0, 0.05) is 50.3 Å². The number of hydrogen-bond donors (Lipinski definition) is 0. The number of anilines is 1. The summed E-state index contributed by atoms with van der Waals surface area (Å²) in [6.45, 7) is 6.27. The molecule has 0 N–H and O–H groups in total. The topological polar surface area (TPSA) is 97.1 Å². The fraction of sp³-hybridized carbons (Fsp3) is 0.733. The van der Waals surface area contributed by atoms with Gasteiger partial charge in [-0.25, -0.2) is 9.37 Å². The standard InChI is InChI=1S/C30H41FN6O4/c1-19(22-13-20(31)15-35(22)2)40-25-14-24(37-12-11-36(3)29(16-37)17-39-18-29)32-28(33-25)26-21-7-6-10-30(27(21)34-41-26)9-5-4-8-23(30)38/h14,19-20,22H,4-13,15-18H2,1-3H3/t19-,20+,22-,30+/m0/s1. The Hall–Kier alpha value is -2.63. The predicted molar refractivity (Wildman–Crippen MR) is 150 cm³/mol. The largest absolute Gasteiger partial charge is 0.473 e. The highest BCUT2D eigenvalue weighted by molar-refractivity contribution is 5.91. The molecule has 5 aliphatic rings. The number of aromatic nitrogens is 3. The van der Waals surface area contributed by atoms with Crippen molar-refractivity contribution in [3.05, 3.63) is 17.3 Å². The molecule has 5 heterocycles. The van der Waals surface area contributed by atoms with E-state index in [0.29, 0.717) is 50.1 Å². The number of carbonyl (C=O) groups excluding carboxylic acids is 1. The van der Waals surface area contributed by atoms with Gasteiger partial charge in [0.15, 0.2) is 0 Å². The lowest BCUT2D eigenvalue weighted by Crippen LogP contribution is -2.70. The Balaban J connectivity index is 1.26. The summed E-state index contributed by atoms with van der Waals surface area (Å²) in [6.07, 6.45) is 5.25. The van der Waals surface area contributed by atoms with E-state index in [2.05, 4.69) is 22.0 Å². The number of likely N-dealkylation sites (N-methyl/N-ethyl adjacent to an activating group) is 2. The minimum Gasteiger partial charge on any atom is -0.473 e. The van der Waals surface area contributed by atoms with Crippen molar-refractivity contribution in [2.24, 2.45) is 0 Å². The minimum absolute atomic E-state index is 0.0283. The molecule has 2 aromatic rings. The molecule has 11 heteroatoms. The highest BCUT2D eigenvalue weighted by Crippen LogP contribution is 2.47. The Labute approximate surface area is 240 Å². The zero-order valence-electron chi connectivity index (χ0n) is 24.4. The van der Waals surface area contributed by atoms with E-state index in [4.69, 9.17) is 24.0 Å². The van der Waals surface area contributed by atoms with Crippen LogP contribution in [-0.2, 0) is 21.4 Å². The summed E-state index contributed by atoms with van der Waals surface area (Å²) in [5.74, 6) is 2.46. The monoisotopic (exact) mass is 568 g/mol. The maximum Gasteiger partial charge on any atom is 0.219 e. The van der Waals surface area contributed by atoms with Gasteiger partial charge >= 0.3 is 0 Å². The Kier molecular flexibility index (Phi) is 6.82. The summed E-state index contributed by atoms with van der Waals surface area (Å²) in [5.41, 5.74) is 1.18. The van der Waals surface area contributed by atoms with Crippen LogP contribution in [-0.4, -0.2) is 108 Å². The SMILES string of the molecule is C[C@H](Oc1cc(N2CCN(C)C3(COC3)C2)nc(-c2onc3c2CCC[C@@]32CCCCC2=O)n1)[C@@H]1C[C@@H](F)CN1C. The average Bonchev–Trinajstić information content (AvgIpc) is 3.53. The van der Waals surface area contributed by atoms with E-state index in [-0.39, 0.29) is 23.5 Å². The zero-order chi connectivity index (χ0) is 28.4. The van der Waals surface area contributed by atoms with Gasteiger partial charge in [0.2, 0.25) is 17.5 Å². The Morgan fingerprint density at radius 3 is 2.68 bits per heavy atom. The number of ketones is 1. The molecule has 7 rings (SSSR count). The number of hydrogen-bond acceptors (Lipinski definition) is 10. The van der Waals surface area contributed by atoms with Gasteiger partial charge in [-0.2, -0.15) is 4.98 Å². The zero-order valence-corrected chi connectivity index (χ0v) is 24.4. The van der Waals surface area contributed by atoms with E-state index in [1.807, 2.05) is 24.9 Å². The first-order valence-electron chi connectivity index (χ1n) is 15.2. The summed E-state index contributed by atoms with van der Waals surface area (Å²) in [6, 6.07) is 1.86. The molecule has 1 saturated carbocycles. The first kappa shape index (κ1) is 27.2. The molecule has 0 aromatic carbocycles. The molecular weight excluding hydrogens is 527 g/mol. The molecule has 0 radical (unpaired) electrons. The van der Waals surface area contributed by atoms with Crippen LogP contribution in [0.2, 0.25) is 0 Å². The number of Topliss-reactive ketones (excluding diaryl/α,β-unsaturated/α-hetero) is 1. The Morgan fingerprint density at radius 1 is 1.12 bits per heavy atom. The highest BCUT2D eigenvalue weighted by Gasteiger charge is 2.49. The van der Waals surface area contributed by atoms with Gasteiger partial charge in [-0.05, 0) is 59.5 Å². The number of carbonyl (C=O) groups is 1. The molecule has 0 amide bonds. The van der Waals surface area contributed by atoms with Crippen LogP contribution in [0.4, 0.5) is 10.2 Å². The molecule has 2 aromatic heterocycles. The van der Waals surface area contributed by atoms with Gasteiger partial charge in [0.1, 0.15) is 29.6 Å². The van der Waals surface area contributed by atoms with Crippen molar-refractivity contribution in [2.75, 3.05) is 58.4 Å².